The molecule has 1 aromatic heterocycles. The summed E-state index contributed by atoms with van der Waals surface area (Å²) in [6, 6.07) is 4.17. The topological polar surface area (TPSA) is 67.4 Å². The SMILES string of the molecule is CC(C)(C)OC(=O)NCCCC(=O)NCCSCc1cccs1. The lowest BCUT2D eigenvalue weighted by atomic mass is 10.2. The van der Waals surface area contributed by atoms with Crippen molar-refractivity contribution in [1.82, 2.24) is 10.6 Å². The molecule has 1 heterocycles. The summed E-state index contributed by atoms with van der Waals surface area (Å²) < 4.78 is 5.11. The van der Waals surface area contributed by atoms with E-state index in [4.69, 9.17) is 4.74 Å². The second-order valence-electron chi connectivity index (χ2n) is 6.01. The zero-order valence-electron chi connectivity index (χ0n) is 14.0. The molecule has 0 fully saturated rings. The van der Waals surface area contributed by atoms with Crippen LogP contribution < -0.4 is 10.6 Å². The van der Waals surface area contributed by atoms with E-state index in [1.54, 1.807) is 11.3 Å². The number of carbonyl (C=O) groups is 2. The molecular formula is C16H26N2O3S2. The van der Waals surface area contributed by atoms with Crippen LogP contribution in [0.4, 0.5) is 4.79 Å². The van der Waals surface area contributed by atoms with Gasteiger partial charge in [-0.1, -0.05) is 6.07 Å². The molecule has 23 heavy (non-hydrogen) atoms. The van der Waals surface area contributed by atoms with Gasteiger partial charge in [-0.2, -0.15) is 11.8 Å². The molecule has 0 bridgehead atoms. The fourth-order valence-corrected chi connectivity index (χ4v) is 3.37. The van der Waals surface area contributed by atoms with Gasteiger partial charge in [-0.3, -0.25) is 4.79 Å². The summed E-state index contributed by atoms with van der Waals surface area (Å²) in [5.74, 6) is 1.92. The normalized spacial score (nSPS) is 11.1. The Balaban J connectivity index is 1.95. The van der Waals surface area contributed by atoms with Crippen molar-refractivity contribution in [2.24, 2.45) is 0 Å². The van der Waals surface area contributed by atoms with Gasteiger partial charge in [0.1, 0.15) is 5.60 Å². The summed E-state index contributed by atoms with van der Waals surface area (Å²) >= 11 is 3.57. The Hall–Kier alpha value is -1.21. The lowest BCUT2D eigenvalue weighted by Crippen LogP contribution is -2.33. The van der Waals surface area contributed by atoms with Gasteiger partial charge in [0, 0.05) is 35.9 Å². The van der Waals surface area contributed by atoms with E-state index in [1.165, 1.54) is 4.88 Å². The number of ether oxygens (including phenoxy) is 1. The first-order valence-corrected chi connectivity index (χ1v) is 9.74. The number of carbonyl (C=O) groups excluding carboxylic acids is 2. The van der Waals surface area contributed by atoms with E-state index in [0.717, 1.165) is 11.5 Å². The Morgan fingerprint density at radius 3 is 2.70 bits per heavy atom. The number of hydrogen-bond acceptors (Lipinski definition) is 5. The maximum Gasteiger partial charge on any atom is 0.407 e. The van der Waals surface area contributed by atoms with Gasteiger partial charge in [-0.15, -0.1) is 11.3 Å². The van der Waals surface area contributed by atoms with Crippen molar-refractivity contribution in [1.29, 1.82) is 0 Å². The predicted octanol–water partition coefficient (Wildman–Crippen LogP) is 3.40. The van der Waals surface area contributed by atoms with Crippen LogP contribution in [-0.2, 0) is 15.3 Å². The Morgan fingerprint density at radius 1 is 1.26 bits per heavy atom. The van der Waals surface area contributed by atoms with Crippen molar-refractivity contribution in [3.8, 4) is 0 Å². The van der Waals surface area contributed by atoms with Crippen LogP contribution in [0.3, 0.4) is 0 Å². The molecule has 5 nitrogen and oxygen atoms in total. The molecule has 0 saturated heterocycles. The zero-order valence-corrected chi connectivity index (χ0v) is 15.6. The molecule has 0 atom stereocenters. The minimum Gasteiger partial charge on any atom is -0.444 e. The van der Waals surface area contributed by atoms with Gasteiger partial charge in [-0.05, 0) is 38.6 Å². The van der Waals surface area contributed by atoms with Crippen molar-refractivity contribution >= 4 is 35.1 Å². The summed E-state index contributed by atoms with van der Waals surface area (Å²) in [6.45, 7) is 6.56. The number of thiophene rings is 1. The minimum atomic E-state index is -0.498. The van der Waals surface area contributed by atoms with Gasteiger partial charge in [-0.25, -0.2) is 4.79 Å². The van der Waals surface area contributed by atoms with Gasteiger partial charge in [0.25, 0.3) is 0 Å². The average Bonchev–Trinajstić information content (AvgIpc) is 2.94. The molecule has 1 aromatic rings. The van der Waals surface area contributed by atoms with Crippen LogP contribution in [0.15, 0.2) is 17.5 Å². The highest BCUT2D eigenvalue weighted by atomic mass is 32.2. The van der Waals surface area contributed by atoms with Crippen molar-refractivity contribution in [2.45, 2.75) is 45.0 Å². The summed E-state index contributed by atoms with van der Waals surface area (Å²) in [5, 5.41) is 7.60. The standard InChI is InChI=1S/C16H26N2O3S2/c1-16(2,3)21-15(20)18-8-4-7-14(19)17-9-11-22-12-13-6-5-10-23-13/h5-6,10H,4,7-9,11-12H2,1-3H3,(H,17,19)(H,18,20). The first-order valence-electron chi connectivity index (χ1n) is 7.70. The molecule has 2 N–H and O–H groups in total. The average molecular weight is 359 g/mol. The molecule has 2 amide bonds. The Labute approximate surface area is 146 Å². The number of amides is 2. The van der Waals surface area contributed by atoms with Crippen LogP contribution in [0.5, 0.6) is 0 Å². The second kappa shape index (κ2) is 10.5. The monoisotopic (exact) mass is 358 g/mol. The van der Waals surface area contributed by atoms with Gasteiger partial charge < -0.3 is 15.4 Å². The molecule has 7 heteroatoms. The van der Waals surface area contributed by atoms with Gasteiger partial charge >= 0.3 is 6.09 Å². The molecule has 0 aliphatic heterocycles. The fourth-order valence-electron chi connectivity index (χ4n) is 1.67. The Morgan fingerprint density at radius 2 is 2.04 bits per heavy atom. The lowest BCUT2D eigenvalue weighted by Gasteiger charge is -2.19. The Kier molecular flexibility index (Phi) is 9.09. The summed E-state index contributed by atoms with van der Waals surface area (Å²) in [6.07, 6.45) is 0.571. The van der Waals surface area contributed by atoms with Gasteiger partial charge in [0.05, 0.1) is 0 Å². The highest BCUT2D eigenvalue weighted by Gasteiger charge is 2.15. The number of rotatable bonds is 9. The summed E-state index contributed by atoms with van der Waals surface area (Å²) in [5.41, 5.74) is -0.498. The predicted molar refractivity (Wildman–Crippen MR) is 97.0 cm³/mol. The fraction of sp³-hybridized carbons (Fsp3) is 0.625. The number of thioether (sulfide) groups is 1. The number of alkyl carbamates (subject to hydrolysis) is 1. The molecule has 0 spiro atoms. The molecule has 0 saturated carbocycles. The molecular weight excluding hydrogens is 332 g/mol. The number of nitrogens with one attached hydrogen (secondary N) is 2. The van der Waals surface area contributed by atoms with Crippen LogP contribution in [-0.4, -0.2) is 36.4 Å². The molecule has 130 valence electrons. The van der Waals surface area contributed by atoms with Crippen LogP contribution >= 0.6 is 23.1 Å². The lowest BCUT2D eigenvalue weighted by molar-refractivity contribution is -0.121. The van der Waals surface area contributed by atoms with E-state index in [9.17, 15) is 9.59 Å². The maximum absolute atomic E-state index is 11.6. The largest absolute Gasteiger partial charge is 0.444 e. The smallest absolute Gasteiger partial charge is 0.407 e. The van der Waals surface area contributed by atoms with Crippen molar-refractivity contribution in [2.75, 3.05) is 18.8 Å². The van der Waals surface area contributed by atoms with E-state index in [0.29, 0.717) is 25.9 Å². The molecule has 0 unspecified atom stereocenters. The highest BCUT2D eigenvalue weighted by molar-refractivity contribution is 7.98. The summed E-state index contributed by atoms with van der Waals surface area (Å²) in [7, 11) is 0. The van der Waals surface area contributed by atoms with Crippen molar-refractivity contribution in [3.63, 3.8) is 0 Å². The third-order valence-electron chi connectivity index (χ3n) is 2.64. The van der Waals surface area contributed by atoms with Gasteiger partial charge in [0.2, 0.25) is 5.91 Å². The third-order valence-corrected chi connectivity index (χ3v) is 4.71. The van der Waals surface area contributed by atoms with E-state index >= 15 is 0 Å². The maximum atomic E-state index is 11.6. The minimum absolute atomic E-state index is 0.0210. The Bertz CT molecular complexity index is 470. The van der Waals surface area contributed by atoms with Crippen molar-refractivity contribution in [3.05, 3.63) is 22.4 Å². The molecule has 0 aliphatic carbocycles. The van der Waals surface area contributed by atoms with Crippen molar-refractivity contribution < 1.29 is 14.3 Å². The second-order valence-corrected chi connectivity index (χ2v) is 8.15. The van der Waals surface area contributed by atoms with E-state index < -0.39 is 11.7 Å². The first kappa shape index (κ1) is 19.8. The van der Waals surface area contributed by atoms with E-state index in [1.807, 2.05) is 38.6 Å². The van der Waals surface area contributed by atoms with Crippen LogP contribution in [0, 0.1) is 0 Å². The van der Waals surface area contributed by atoms with E-state index in [-0.39, 0.29) is 5.91 Å². The molecule has 0 aromatic carbocycles. The van der Waals surface area contributed by atoms with Crippen LogP contribution in [0.1, 0.15) is 38.5 Å². The molecule has 1 rings (SSSR count). The highest BCUT2D eigenvalue weighted by Crippen LogP contribution is 2.16. The third kappa shape index (κ3) is 11.0. The van der Waals surface area contributed by atoms with E-state index in [2.05, 4.69) is 22.1 Å². The molecule has 0 radical (unpaired) electrons. The van der Waals surface area contributed by atoms with Crippen LogP contribution in [0.25, 0.3) is 0 Å². The zero-order chi connectivity index (χ0) is 17.1. The molecule has 0 aliphatic rings. The quantitative estimate of drug-likeness (QED) is 0.664. The van der Waals surface area contributed by atoms with Gasteiger partial charge in [0.15, 0.2) is 0 Å². The number of hydrogen-bond donors (Lipinski definition) is 2. The summed E-state index contributed by atoms with van der Waals surface area (Å²) in [4.78, 5) is 24.4. The first-order chi connectivity index (χ1) is 10.9. The van der Waals surface area contributed by atoms with Crippen LogP contribution in [0.2, 0.25) is 0 Å².